The van der Waals surface area contributed by atoms with E-state index in [2.05, 4.69) is 285 Å². The second-order valence-corrected chi connectivity index (χ2v) is 27.1. The minimum Gasteiger partial charge on any atom is -0.0795 e. The van der Waals surface area contributed by atoms with Gasteiger partial charge in [0.2, 0.25) is 0 Å². The number of allylic oxidation sites excluding steroid dienone is 14. The highest BCUT2D eigenvalue weighted by atomic mass is 14.4. The molecule has 0 aromatic heterocycles. The Labute approximate surface area is 533 Å². The molecule has 0 saturated heterocycles. The highest BCUT2D eigenvalue weighted by Crippen LogP contribution is 2.52. The van der Waals surface area contributed by atoms with Crippen LogP contribution in [0.2, 0.25) is 0 Å². The Balaban J connectivity index is 0.791. The van der Waals surface area contributed by atoms with Crippen LogP contribution in [0.5, 0.6) is 0 Å². The van der Waals surface area contributed by atoms with Gasteiger partial charge >= 0.3 is 0 Å². The Kier molecular flexibility index (Phi) is 10.6. The summed E-state index contributed by atoms with van der Waals surface area (Å²) in [7, 11) is 0. The molecule has 5 aliphatic carbocycles. The highest BCUT2D eigenvalue weighted by molar-refractivity contribution is 6.28. The summed E-state index contributed by atoms with van der Waals surface area (Å²) in [6.45, 7) is 0. The van der Waals surface area contributed by atoms with Gasteiger partial charge < -0.3 is 0 Å². The van der Waals surface area contributed by atoms with Crippen LogP contribution < -0.4 is 0 Å². The maximum absolute atomic E-state index is 2.54. The highest BCUT2D eigenvalue weighted by Gasteiger charge is 2.35. The zero-order valence-corrected chi connectivity index (χ0v) is 50.7. The van der Waals surface area contributed by atoms with Crippen molar-refractivity contribution >= 4 is 103 Å². The summed E-state index contributed by atoms with van der Waals surface area (Å²) < 4.78 is 0. The Hall–Kier alpha value is -11.2. The number of benzene rings is 16. The van der Waals surface area contributed by atoms with Crippen LogP contribution in [0.1, 0.15) is 56.5 Å². The van der Waals surface area contributed by atoms with E-state index in [0.29, 0.717) is 0 Å². The van der Waals surface area contributed by atoms with E-state index in [4.69, 9.17) is 0 Å². The van der Waals surface area contributed by atoms with Crippen molar-refractivity contribution in [2.45, 2.75) is 32.1 Å². The Morgan fingerprint density at radius 3 is 1.01 bits per heavy atom. The third-order valence-electron chi connectivity index (χ3n) is 21.6. The van der Waals surface area contributed by atoms with E-state index in [0.717, 1.165) is 32.1 Å². The van der Waals surface area contributed by atoms with E-state index in [9.17, 15) is 0 Å². The predicted molar refractivity (Wildman–Crippen MR) is 390 cm³/mol. The van der Waals surface area contributed by atoms with Crippen molar-refractivity contribution in [2.75, 3.05) is 0 Å². The fourth-order valence-corrected chi connectivity index (χ4v) is 17.8. The van der Waals surface area contributed by atoms with Crippen LogP contribution in [0.15, 0.2) is 313 Å². The molecule has 8 bridgehead atoms. The van der Waals surface area contributed by atoms with Gasteiger partial charge in [-0.1, -0.05) is 285 Å². The van der Waals surface area contributed by atoms with Gasteiger partial charge in [-0.25, -0.2) is 0 Å². The lowest BCUT2D eigenvalue weighted by Gasteiger charge is -2.37. The smallest absolute Gasteiger partial charge is 0.0354 e. The van der Waals surface area contributed by atoms with Gasteiger partial charge in [-0.3, -0.25) is 0 Å². The second-order valence-electron chi connectivity index (χ2n) is 27.1. The molecule has 0 spiro atoms. The number of rotatable bonds is 4. The summed E-state index contributed by atoms with van der Waals surface area (Å²) in [5, 5.41) is 23.6. The summed E-state index contributed by atoms with van der Waals surface area (Å²) in [6.07, 6.45) is 23.2. The van der Waals surface area contributed by atoms with Crippen molar-refractivity contribution in [1.29, 1.82) is 0 Å². The number of hydrogen-bond donors (Lipinski definition) is 0. The molecule has 16 aromatic carbocycles. The fourth-order valence-electron chi connectivity index (χ4n) is 17.8. The van der Waals surface area contributed by atoms with Gasteiger partial charge in [0.25, 0.3) is 0 Å². The summed E-state index contributed by atoms with van der Waals surface area (Å²) in [5.41, 5.74) is 27.9. The molecule has 1 unspecified atom stereocenters. The summed E-state index contributed by atoms with van der Waals surface area (Å²) in [5.74, 6) is 0.234. The third kappa shape index (κ3) is 7.71. The standard InChI is InChI=1S/C92H58/c1-5-61-13-17-69-21-29-77(81-33-25-65(9-1)85(61)89(69)81)73-45-53-37-54(46-73)42-56-39-58(50-75(48-56)79-31-23-71-19-15-63-7-3-11-67-27-35-83(79)91(71)87(63)67)44-60-40-59(51-76(52-60)80-32-24-72-20-16-64-8-4-12-68-28-36-84(80)92(72)88(64)68)43-57-38-55(41-53)47-74(49-57)78-30-22-70-18-14-62-6-2-10-66-26-34-82(78)90(70)86(62)66/h1-11,13-40,45-52,92H,12,41-44H2. The molecular weight excluding hydrogens is 1110 g/mol. The van der Waals surface area contributed by atoms with Gasteiger partial charge in [0, 0.05) is 5.92 Å². The van der Waals surface area contributed by atoms with Crippen molar-refractivity contribution in [1.82, 2.24) is 0 Å². The largest absolute Gasteiger partial charge is 0.0795 e. The van der Waals surface area contributed by atoms with Crippen LogP contribution in [0, 0.1) is 5.92 Å². The average molecular weight is 1160 g/mol. The van der Waals surface area contributed by atoms with Crippen molar-refractivity contribution in [3.8, 4) is 33.4 Å². The monoisotopic (exact) mass is 1160 g/mol. The normalized spacial score (nSPS) is 16.1. The molecule has 0 heteroatoms. The molecule has 16 aromatic rings. The van der Waals surface area contributed by atoms with Crippen molar-refractivity contribution in [3.63, 3.8) is 0 Å². The van der Waals surface area contributed by atoms with E-state index < -0.39 is 0 Å². The average Bonchev–Trinajstić information content (AvgIpc) is 0.786. The summed E-state index contributed by atoms with van der Waals surface area (Å²) >= 11 is 0. The van der Waals surface area contributed by atoms with Crippen molar-refractivity contribution < 1.29 is 0 Å². The van der Waals surface area contributed by atoms with Gasteiger partial charge in [0.1, 0.15) is 0 Å². The minimum atomic E-state index is 0.234. The van der Waals surface area contributed by atoms with E-state index in [1.165, 1.54) is 214 Å². The Bertz CT molecular complexity index is 5910. The second kappa shape index (κ2) is 19.2. The summed E-state index contributed by atoms with van der Waals surface area (Å²) in [6, 6.07) is 92.8. The lowest BCUT2D eigenvalue weighted by atomic mass is 9.66. The predicted octanol–water partition coefficient (Wildman–Crippen LogP) is 23.7. The quantitative estimate of drug-likeness (QED) is 0.154. The SMILES string of the molecule is C1=CC2=C3C(=CC=C4C(c5cc6cc(c5)Cc5cc(cc(-c7ccc8ccc9cccc%10ccc7c8c9%10)c5)Cc5cc(cc(-c7ccc8ccc9cccc%10ccc7c8c9%10)c5)Cc5cc(cc(-c7ccc8ccc9cccc%10ccc7c8c9%10)c5)C6)=CC=C(C=C2)C43)C1. The maximum atomic E-state index is 2.54. The van der Waals surface area contributed by atoms with Crippen LogP contribution in [0.4, 0.5) is 0 Å². The molecule has 0 aliphatic heterocycles. The van der Waals surface area contributed by atoms with Crippen LogP contribution in [0.3, 0.4) is 0 Å². The van der Waals surface area contributed by atoms with Gasteiger partial charge in [0.05, 0.1) is 0 Å². The first-order valence-electron chi connectivity index (χ1n) is 32.9. The molecule has 0 amide bonds. The molecule has 0 radical (unpaired) electrons. The molecule has 0 N–H and O–H groups in total. The topological polar surface area (TPSA) is 0 Å². The number of hydrogen-bond acceptors (Lipinski definition) is 0. The molecule has 1 atom stereocenters. The van der Waals surface area contributed by atoms with E-state index in [1.807, 2.05) is 0 Å². The van der Waals surface area contributed by atoms with Gasteiger partial charge in [-0.2, -0.15) is 0 Å². The molecule has 92 heavy (non-hydrogen) atoms. The van der Waals surface area contributed by atoms with Crippen LogP contribution >= 0.6 is 0 Å². The zero-order chi connectivity index (χ0) is 59.9. The molecule has 21 rings (SSSR count). The molecule has 5 aliphatic rings. The van der Waals surface area contributed by atoms with Gasteiger partial charge in [-0.15, -0.1) is 0 Å². The lowest BCUT2D eigenvalue weighted by molar-refractivity contribution is 0.837. The fraction of sp³-hybridized carbons (Fsp3) is 0.0652. The van der Waals surface area contributed by atoms with Crippen LogP contribution in [-0.4, -0.2) is 0 Å². The molecule has 0 heterocycles. The van der Waals surface area contributed by atoms with Crippen LogP contribution in [-0.2, 0) is 25.7 Å². The lowest BCUT2D eigenvalue weighted by Crippen LogP contribution is -2.22. The first kappa shape index (κ1) is 50.7. The molecule has 426 valence electrons. The zero-order valence-electron chi connectivity index (χ0n) is 50.7. The minimum absolute atomic E-state index is 0.234. The molecular formula is C92H58. The van der Waals surface area contributed by atoms with E-state index in [1.54, 1.807) is 0 Å². The molecule has 0 saturated carbocycles. The van der Waals surface area contributed by atoms with E-state index in [-0.39, 0.29) is 5.92 Å². The van der Waals surface area contributed by atoms with Gasteiger partial charge in [-0.05, 0) is 246 Å². The first-order chi connectivity index (χ1) is 45.5. The maximum Gasteiger partial charge on any atom is 0.0354 e. The van der Waals surface area contributed by atoms with Crippen molar-refractivity contribution in [3.05, 3.63) is 363 Å². The van der Waals surface area contributed by atoms with E-state index >= 15 is 0 Å². The molecule has 0 nitrogen and oxygen atoms in total. The molecule has 0 fully saturated rings. The Morgan fingerprint density at radius 1 is 0.272 bits per heavy atom. The van der Waals surface area contributed by atoms with Crippen LogP contribution in [0.25, 0.3) is 136 Å². The summed E-state index contributed by atoms with van der Waals surface area (Å²) in [4.78, 5) is 0. The third-order valence-corrected chi connectivity index (χ3v) is 21.6. The Morgan fingerprint density at radius 2 is 0.620 bits per heavy atom. The first-order valence-corrected chi connectivity index (χ1v) is 32.9. The number of fused-ring (bicyclic) bond motifs is 8. The van der Waals surface area contributed by atoms with Gasteiger partial charge in [0.15, 0.2) is 0 Å². The van der Waals surface area contributed by atoms with Crippen molar-refractivity contribution in [2.24, 2.45) is 5.92 Å².